The molecule has 0 aliphatic heterocycles. The van der Waals surface area contributed by atoms with E-state index in [2.05, 4.69) is 10.3 Å². The highest BCUT2D eigenvalue weighted by atomic mass is 35.5. The van der Waals surface area contributed by atoms with Crippen molar-refractivity contribution < 1.29 is 4.39 Å². The lowest BCUT2D eigenvalue weighted by molar-refractivity contribution is 0.628. The number of nitrogens with one attached hydrogen (secondary N) is 2. The van der Waals surface area contributed by atoms with E-state index < -0.39 is 5.82 Å². The molecule has 0 atom stereocenters. The first kappa shape index (κ1) is 13.3. The van der Waals surface area contributed by atoms with Crippen LogP contribution in [-0.2, 0) is 6.54 Å². The van der Waals surface area contributed by atoms with Crippen molar-refractivity contribution in [3.8, 4) is 0 Å². The summed E-state index contributed by atoms with van der Waals surface area (Å²) in [4.78, 5) is 3.16. The Balaban J connectivity index is 1.89. The van der Waals surface area contributed by atoms with Gasteiger partial charge in [0.25, 0.3) is 0 Å². The summed E-state index contributed by atoms with van der Waals surface area (Å²) in [5.41, 5.74) is 2.73. The van der Waals surface area contributed by atoms with Crippen molar-refractivity contribution in [2.45, 2.75) is 6.54 Å². The summed E-state index contributed by atoms with van der Waals surface area (Å²) >= 11 is 12.0. The lowest BCUT2D eigenvalue weighted by Gasteiger charge is -2.11. The van der Waals surface area contributed by atoms with Crippen molar-refractivity contribution in [2.24, 2.45) is 0 Å². The Hall–Kier alpha value is -1.71. The monoisotopic (exact) mass is 308 g/mol. The van der Waals surface area contributed by atoms with E-state index in [1.807, 2.05) is 30.5 Å². The van der Waals surface area contributed by atoms with Gasteiger partial charge in [-0.1, -0.05) is 35.3 Å². The molecule has 1 heterocycles. The molecular formula is C15H11Cl2FN2. The van der Waals surface area contributed by atoms with Gasteiger partial charge < -0.3 is 10.3 Å². The van der Waals surface area contributed by atoms with E-state index in [1.165, 1.54) is 12.1 Å². The van der Waals surface area contributed by atoms with Crippen LogP contribution in [0.3, 0.4) is 0 Å². The Labute approximate surface area is 125 Å². The molecule has 1 aromatic heterocycles. The maximum atomic E-state index is 13.1. The van der Waals surface area contributed by atoms with Crippen LogP contribution in [0, 0.1) is 5.82 Å². The van der Waals surface area contributed by atoms with Gasteiger partial charge in [0.2, 0.25) is 0 Å². The fourth-order valence-electron chi connectivity index (χ4n) is 2.20. The van der Waals surface area contributed by atoms with Gasteiger partial charge >= 0.3 is 0 Å². The number of rotatable bonds is 3. The fourth-order valence-corrected chi connectivity index (χ4v) is 2.79. The lowest BCUT2D eigenvalue weighted by atomic mass is 10.1. The first-order valence-corrected chi connectivity index (χ1v) is 6.84. The average Bonchev–Trinajstić information content (AvgIpc) is 2.86. The molecule has 102 valence electrons. The molecule has 0 spiro atoms. The van der Waals surface area contributed by atoms with Crippen molar-refractivity contribution in [1.82, 2.24) is 4.98 Å². The molecule has 20 heavy (non-hydrogen) atoms. The zero-order chi connectivity index (χ0) is 14.1. The molecule has 2 nitrogen and oxygen atoms in total. The quantitative estimate of drug-likeness (QED) is 0.681. The molecule has 0 radical (unpaired) electrons. The molecule has 2 aromatic carbocycles. The van der Waals surface area contributed by atoms with E-state index in [4.69, 9.17) is 23.2 Å². The van der Waals surface area contributed by atoms with Gasteiger partial charge in [0.15, 0.2) is 0 Å². The predicted octanol–water partition coefficient (Wildman–Crippen LogP) is 5.23. The molecule has 0 fully saturated rings. The second-order valence-corrected chi connectivity index (χ2v) is 5.27. The van der Waals surface area contributed by atoms with E-state index in [-0.39, 0.29) is 10.0 Å². The molecule has 0 amide bonds. The third kappa shape index (κ3) is 2.47. The van der Waals surface area contributed by atoms with Gasteiger partial charge in [-0.2, -0.15) is 0 Å². The Kier molecular flexibility index (Phi) is 3.55. The molecule has 0 bridgehead atoms. The molecule has 0 saturated carbocycles. The van der Waals surface area contributed by atoms with Gasteiger partial charge in [0.05, 0.1) is 15.7 Å². The molecule has 0 saturated heterocycles. The summed E-state index contributed by atoms with van der Waals surface area (Å²) in [7, 11) is 0. The van der Waals surface area contributed by atoms with Crippen LogP contribution in [0.25, 0.3) is 10.9 Å². The van der Waals surface area contributed by atoms with Crippen LogP contribution >= 0.6 is 23.2 Å². The largest absolute Gasteiger partial charge is 0.379 e. The van der Waals surface area contributed by atoms with Crippen LogP contribution in [-0.4, -0.2) is 4.98 Å². The first-order valence-electron chi connectivity index (χ1n) is 6.08. The van der Waals surface area contributed by atoms with E-state index in [0.717, 1.165) is 16.5 Å². The Morgan fingerprint density at radius 2 is 1.85 bits per heavy atom. The third-order valence-electron chi connectivity index (χ3n) is 3.15. The van der Waals surface area contributed by atoms with Crippen molar-refractivity contribution in [3.63, 3.8) is 0 Å². The normalized spacial score (nSPS) is 10.9. The highest BCUT2D eigenvalue weighted by molar-refractivity contribution is 6.39. The number of anilines is 1. The average molecular weight is 309 g/mol. The Bertz CT molecular complexity index is 744. The van der Waals surface area contributed by atoms with Crippen molar-refractivity contribution >= 4 is 39.8 Å². The Morgan fingerprint density at radius 3 is 2.60 bits per heavy atom. The minimum absolute atomic E-state index is 0.274. The van der Waals surface area contributed by atoms with Gasteiger partial charge in [0.1, 0.15) is 5.82 Å². The smallest absolute Gasteiger partial charge is 0.126 e. The minimum Gasteiger partial charge on any atom is -0.379 e. The summed E-state index contributed by atoms with van der Waals surface area (Å²) in [5.74, 6) is -0.446. The van der Waals surface area contributed by atoms with Crippen LogP contribution in [0.2, 0.25) is 10.0 Å². The molecule has 0 unspecified atom stereocenters. The minimum atomic E-state index is -0.446. The third-order valence-corrected chi connectivity index (χ3v) is 3.74. The van der Waals surface area contributed by atoms with Gasteiger partial charge in [-0.05, 0) is 29.8 Å². The second kappa shape index (κ2) is 5.35. The number of hydrogen-bond donors (Lipinski definition) is 2. The van der Waals surface area contributed by atoms with Crippen molar-refractivity contribution in [2.75, 3.05) is 5.32 Å². The Morgan fingerprint density at radius 1 is 1.10 bits per heavy atom. The van der Waals surface area contributed by atoms with Gasteiger partial charge in [0, 0.05) is 23.6 Å². The lowest BCUT2D eigenvalue weighted by Crippen LogP contribution is -2.01. The number of benzene rings is 2. The second-order valence-electron chi connectivity index (χ2n) is 4.45. The molecule has 3 rings (SSSR count). The van der Waals surface area contributed by atoms with Crippen LogP contribution < -0.4 is 5.32 Å². The number of halogens is 3. The van der Waals surface area contributed by atoms with Gasteiger partial charge in [-0.25, -0.2) is 4.39 Å². The topological polar surface area (TPSA) is 27.8 Å². The fraction of sp³-hybridized carbons (Fsp3) is 0.0667. The maximum Gasteiger partial charge on any atom is 0.126 e. The van der Waals surface area contributed by atoms with Gasteiger partial charge in [-0.15, -0.1) is 0 Å². The van der Waals surface area contributed by atoms with Crippen LogP contribution in [0.4, 0.5) is 10.1 Å². The van der Waals surface area contributed by atoms with E-state index in [1.54, 1.807) is 0 Å². The molecule has 0 aliphatic rings. The van der Waals surface area contributed by atoms with E-state index in [0.29, 0.717) is 12.2 Å². The van der Waals surface area contributed by atoms with Crippen LogP contribution in [0.5, 0.6) is 0 Å². The standard InChI is InChI=1S/C15H11Cl2FN2/c16-12-6-10(18)7-13(17)15(12)20-8-9-2-1-3-14-11(9)4-5-19-14/h1-7,19-20H,8H2. The number of fused-ring (bicyclic) bond motifs is 1. The first-order chi connectivity index (χ1) is 9.65. The summed E-state index contributed by atoms with van der Waals surface area (Å²) in [6.45, 7) is 0.556. The highest BCUT2D eigenvalue weighted by Gasteiger charge is 2.09. The summed E-state index contributed by atoms with van der Waals surface area (Å²) in [5, 5.41) is 4.84. The number of H-pyrrole nitrogens is 1. The van der Waals surface area contributed by atoms with Crippen LogP contribution in [0.15, 0.2) is 42.6 Å². The van der Waals surface area contributed by atoms with Crippen LogP contribution in [0.1, 0.15) is 5.56 Å². The summed E-state index contributed by atoms with van der Waals surface area (Å²) < 4.78 is 13.1. The molecule has 5 heteroatoms. The number of aromatic amines is 1. The number of aromatic nitrogens is 1. The van der Waals surface area contributed by atoms with Gasteiger partial charge in [-0.3, -0.25) is 0 Å². The predicted molar refractivity (Wildman–Crippen MR) is 82.0 cm³/mol. The van der Waals surface area contributed by atoms with Crippen molar-refractivity contribution in [1.29, 1.82) is 0 Å². The molecule has 2 N–H and O–H groups in total. The SMILES string of the molecule is Fc1cc(Cl)c(NCc2cccc3[nH]ccc23)c(Cl)c1. The van der Waals surface area contributed by atoms with E-state index in [9.17, 15) is 4.39 Å². The zero-order valence-corrected chi connectivity index (χ0v) is 11.9. The van der Waals surface area contributed by atoms with Crippen molar-refractivity contribution in [3.05, 3.63) is 64.0 Å². The highest BCUT2D eigenvalue weighted by Crippen LogP contribution is 2.32. The number of hydrogen-bond acceptors (Lipinski definition) is 1. The van der Waals surface area contributed by atoms with E-state index >= 15 is 0 Å². The zero-order valence-electron chi connectivity index (χ0n) is 10.4. The maximum absolute atomic E-state index is 13.1. The summed E-state index contributed by atoms with van der Waals surface area (Å²) in [6, 6.07) is 10.5. The molecule has 0 aliphatic carbocycles. The molecule has 3 aromatic rings. The molecular weight excluding hydrogens is 298 g/mol. The summed E-state index contributed by atoms with van der Waals surface area (Å²) in [6.07, 6.45) is 1.89.